The van der Waals surface area contributed by atoms with Gasteiger partial charge in [-0.05, 0) is 36.3 Å². The van der Waals surface area contributed by atoms with Crippen LogP contribution in [0.25, 0.3) is 0 Å². The summed E-state index contributed by atoms with van der Waals surface area (Å²) in [6.07, 6.45) is 11.1. The smallest absolute Gasteiger partial charge is 0.222 e. The summed E-state index contributed by atoms with van der Waals surface area (Å²) in [7, 11) is 0. The molecule has 0 bridgehead atoms. The molecule has 0 aromatic heterocycles. The van der Waals surface area contributed by atoms with Gasteiger partial charge in [0.05, 0.1) is 0 Å². The van der Waals surface area contributed by atoms with Gasteiger partial charge in [-0.2, -0.15) is 0 Å². The van der Waals surface area contributed by atoms with Crippen LogP contribution in [-0.4, -0.2) is 41.4 Å². The third-order valence-electron chi connectivity index (χ3n) is 6.68. The first-order chi connectivity index (χ1) is 12.3. The van der Waals surface area contributed by atoms with Crippen LogP contribution >= 0.6 is 0 Å². The topological polar surface area (TPSA) is 23.6 Å². The molecular weight excluding hydrogens is 308 g/mol. The predicted molar refractivity (Wildman–Crippen MR) is 101 cm³/mol. The molecule has 1 amide bonds. The molecule has 0 radical (unpaired) electrons. The van der Waals surface area contributed by atoms with Gasteiger partial charge in [-0.25, -0.2) is 0 Å². The first kappa shape index (κ1) is 17.1. The van der Waals surface area contributed by atoms with E-state index in [1.807, 2.05) is 0 Å². The summed E-state index contributed by atoms with van der Waals surface area (Å²) in [4.78, 5) is 17.4. The van der Waals surface area contributed by atoms with Crippen molar-refractivity contribution in [1.82, 2.24) is 9.80 Å². The van der Waals surface area contributed by atoms with E-state index in [-0.39, 0.29) is 0 Å². The van der Waals surface area contributed by atoms with Crippen LogP contribution in [0.2, 0.25) is 0 Å². The Morgan fingerprint density at radius 3 is 2.64 bits per heavy atom. The molecule has 1 unspecified atom stereocenters. The Kier molecular flexibility index (Phi) is 5.40. The van der Waals surface area contributed by atoms with Gasteiger partial charge in [0.25, 0.3) is 0 Å². The van der Waals surface area contributed by atoms with Gasteiger partial charge in [-0.15, -0.1) is 0 Å². The molecular formula is C22H32N2O. The molecule has 0 N–H and O–H groups in total. The maximum atomic E-state index is 12.6. The summed E-state index contributed by atoms with van der Waals surface area (Å²) in [6, 6.07) is 9.40. The first-order valence-electron chi connectivity index (χ1n) is 10.4. The normalized spacial score (nSPS) is 25.1. The van der Waals surface area contributed by atoms with Crippen LogP contribution in [0.15, 0.2) is 24.3 Å². The Balaban J connectivity index is 1.26. The minimum atomic E-state index is 0.408. The molecule has 25 heavy (non-hydrogen) atoms. The zero-order valence-corrected chi connectivity index (χ0v) is 15.5. The monoisotopic (exact) mass is 340 g/mol. The standard InChI is InChI=1S/C22H32N2O/c25-22(11-10-18-6-2-1-3-7-18)24-15-13-21(17-24)23-14-12-19-8-4-5-9-20(19)16-23/h4-5,8-9,18,21H,1-3,6-7,10-17H2. The summed E-state index contributed by atoms with van der Waals surface area (Å²) in [5.41, 5.74) is 2.99. The fourth-order valence-corrected chi connectivity index (χ4v) is 5.06. The molecule has 0 spiro atoms. The average Bonchev–Trinajstić information content (AvgIpc) is 3.17. The molecule has 1 atom stereocenters. The van der Waals surface area contributed by atoms with Gasteiger partial charge in [-0.1, -0.05) is 56.4 Å². The highest BCUT2D eigenvalue weighted by molar-refractivity contribution is 5.76. The van der Waals surface area contributed by atoms with Gasteiger partial charge in [0, 0.05) is 38.6 Å². The molecule has 1 aromatic rings. The van der Waals surface area contributed by atoms with E-state index in [0.29, 0.717) is 11.9 Å². The number of likely N-dealkylation sites (tertiary alicyclic amines) is 1. The average molecular weight is 341 g/mol. The van der Waals surface area contributed by atoms with E-state index in [2.05, 4.69) is 34.1 Å². The fourth-order valence-electron chi connectivity index (χ4n) is 5.06. The fraction of sp³-hybridized carbons (Fsp3) is 0.682. The van der Waals surface area contributed by atoms with Crippen molar-refractivity contribution in [3.05, 3.63) is 35.4 Å². The molecule has 1 saturated carbocycles. The van der Waals surface area contributed by atoms with Gasteiger partial charge in [0.2, 0.25) is 5.91 Å². The molecule has 1 aromatic carbocycles. The second-order valence-corrected chi connectivity index (χ2v) is 8.31. The summed E-state index contributed by atoms with van der Waals surface area (Å²) in [6.45, 7) is 4.12. The zero-order chi connectivity index (χ0) is 17.1. The van der Waals surface area contributed by atoms with E-state index in [1.54, 1.807) is 0 Å². The Labute approximate surface area is 152 Å². The van der Waals surface area contributed by atoms with Crippen molar-refractivity contribution in [2.45, 2.75) is 70.4 Å². The maximum absolute atomic E-state index is 12.6. The lowest BCUT2D eigenvalue weighted by Gasteiger charge is -2.33. The van der Waals surface area contributed by atoms with Crippen LogP contribution in [0.4, 0.5) is 0 Å². The van der Waals surface area contributed by atoms with Crippen molar-refractivity contribution in [2.75, 3.05) is 19.6 Å². The summed E-state index contributed by atoms with van der Waals surface area (Å²) < 4.78 is 0. The molecule has 3 nitrogen and oxygen atoms in total. The number of fused-ring (bicyclic) bond motifs is 1. The third-order valence-corrected chi connectivity index (χ3v) is 6.68. The molecule has 2 heterocycles. The number of carbonyl (C=O) groups excluding carboxylic acids is 1. The van der Waals surface area contributed by atoms with E-state index in [4.69, 9.17) is 0 Å². The summed E-state index contributed by atoms with van der Waals surface area (Å²) in [5.74, 6) is 1.22. The molecule has 3 aliphatic rings. The number of rotatable bonds is 4. The maximum Gasteiger partial charge on any atom is 0.222 e. The third kappa shape index (κ3) is 4.08. The van der Waals surface area contributed by atoms with Gasteiger partial charge < -0.3 is 4.90 Å². The van der Waals surface area contributed by atoms with Crippen molar-refractivity contribution in [3.8, 4) is 0 Å². The molecule has 136 valence electrons. The molecule has 4 rings (SSSR count). The minimum absolute atomic E-state index is 0.408. The number of nitrogens with zero attached hydrogens (tertiary/aromatic N) is 2. The molecule has 1 aliphatic carbocycles. The van der Waals surface area contributed by atoms with Crippen LogP contribution in [0.5, 0.6) is 0 Å². The quantitative estimate of drug-likeness (QED) is 0.827. The molecule has 1 saturated heterocycles. The van der Waals surface area contributed by atoms with Crippen LogP contribution < -0.4 is 0 Å². The Morgan fingerprint density at radius 1 is 1.00 bits per heavy atom. The van der Waals surface area contributed by atoms with Crippen LogP contribution in [0, 0.1) is 5.92 Å². The number of hydrogen-bond acceptors (Lipinski definition) is 2. The highest BCUT2D eigenvalue weighted by Gasteiger charge is 2.32. The number of carbonyl (C=O) groups is 1. The van der Waals surface area contributed by atoms with Gasteiger partial charge in [-0.3, -0.25) is 9.69 Å². The zero-order valence-electron chi connectivity index (χ0n) is 15.5. The molecule has 2 aliphatic heterocycles. The molecule has 2 fully saturated rings. The Hall–Kier alpha value is -1.35. The second kappa shape index (κ2) is 7.90. The van der Waals surface area contributed by atoms with E-state index >= 15 is 0 Å². The van der Waals surface area contributed by atoms with Crippen molar-refractivity contribution in [3.63, 3.8) is 0 Å². The lowest BCUT2D eigenvalue weighted by molar-refractivity contribution is -0.130. The Bertz CT molecular complexity index is 593. The van der Waals surface area contributed by atoms with Gasteiger partial charge in [0.15, 0.2) is 0 Å². The first-order valence-corrected chi connectivity index (χ1v) is 10.4. The van der Waals surface area contributed by atoms with Gasteiger partial charge in [0.1, 0.15) is 0 Å². The number of amides is 1. The van der Waals surface area contributed by atoms with Crippen molar-refractivity contribution in [2.24, 2.45) is 5.92 Å². The highest BCUT2D eigenvalue weighted by atomic mass is 16.2. The van der Waals surface area contributed by atoms with E-state index in [0.717, 1.165) is 57.8 Å². The minimum Gasteiger partial charge on any atom is -0.341 e. The van der Waals surface area contributed by atoms with Crippen molar-refractivity contribution >= 4 is 5.91 Å². The second-order valence-electron chi connectivity index (χ2n) is 8.31. The summed E-state index contributed by atoms with van der Waals surface area (Å²) >= 11 is 0. The van der Waals surface area contributed by atoms with Crippen molar-refractivity contribution < 1.29 is 4.79 Å². The largest absolute Gasteiger partial charge is 0.341 e. The SMILES string of the molecule is O=C(CCC1CCCCC1)N1CCC(N2CCc3ccccc3C2)C1. The Morgan fingerprint density at radius 2 is 1.80 bits per heavy atom. The number of hydrogen-bond donors (Lipinski definition) is 0. The molecule has 3 heteroatoms. The van der Waals surface area contributed by atoms with E-state index in [1.165, 1.54) is 43.2 Å². The predicted octanol–water partition coefficient (Wildman–Crippen LogP) is 4.01. The van der Waals surface area contributed by atoms with Crippen LogP contribution in [0.1, 0.15) is 62.5 Å². The van der Waals surface area contributed by atoms with Gasteiger partial charge >= 0.3 is 0 Å². The highest BCUT2D eigenvalue weighted by Crippen LogP contribution is 2.28. The number of benzene rings is 1. The summed E-state index contributed by atoms with van der Waals surface area (Å²) in [5, 5.41) is 0. The lowest BCUT2D eigenvalue weighted by Crippen LogP contribution is -2.41. The van der Waals surface area contributed by atoms with Crippen LogP contribution in [0.3, 0.4) is 0 Å². The lowest BCUT2D eigenvalue weighted by atomic mass is 9.86. The van der Waals surface area contributed by atoms with E-state index < -0.39 is 0 Å². The van der Waals surface area contributed by atoms with E-state index in [9.17, 15) is 4.79 Å². The van der Waals surface area contributed by atoms with Crippen LogP contribution in [-0.2, 0) is 17.8 Å². The van der Waals surface area contributed by atoms with Crippen molar-refractivity contribution in [1.29, 1.82) is 0 Å².